The van der Waals surface area contributed by atoms with Gasteiger partial charge in [0.1, 0.15) is 68.3 Å². The molecule has 8 aromatic heterocycles. The van der Waals surface area contributed by atoms with E-state index in [4.69, 9.17) is 64.8 Å². The second-order valence-electron chi connectivity index (χ2n) is 34.0. The maximum Gasteiger partial charge on any atom is 0.352 e. The van der Waals surface area contributed by atoms with Gasteiger partial charge in [-0.3, -0.25) is 38.4 Å². The van der Waals surface area contributed by atoms with E-state index in [1.54, 1.807) is 43.5 Å². The number of hydrogen-bond acceptors (Lipinski definition) is 24. The predicted molar refractivity (Wildman–Crippen MR) is 515 cm³/mol. The molecule has 0 atom stereocenters. The highest BCUT2D eigenvalue weighted by Crippen LogP contribution is 2.29. The van der Waals surface area contributed by atoms with Crippen LogP contribution >= 0.6 is 0 Å². The molecule has 0 radical (unpaired) electrons. The number of carbonyl (C=O) groups excluding carboxylic acids is 8. The Balaban J connectivity index is 0.718. The van der Waals surface area contributed by atoms with Gasteiger partial charge >= 0.3 is 23.9 Å². The number of aromatic amines is 4. The first kappa shape index (κ1) is 106. The van der Waals surface area contributed by atoms with E-state index in [0.29, 0.717) is 22.8 Å². The fourth-order valence-corrected chi connectivity index (χ4v) is 15.6. The first-order valence-electron chi connectivity index (χ1n) is 44.9. The molecular weight excluding hydrogens is 1890 g/mol. The van der Waals surface area contributed by atoms with Crippen LogP contribution in [0.4, 0.5) is 0 Å². The number of carboxylic acids is 4. The molecule has 0 spiro atoms. The minimum atomic E-state index is -1.31. The summed E-state index contributed by atoms with van der Waals surface area (Å²) in [6.45, 7) is 7.27. The third kappa shape index (κ3) is 30.0. The van der Waals surface area contributed by atoms with Gasteiger partial charge in [-0.2, -0.15) is 20.0 Å². The van der Waals surface area contributed by atoms with Crippen molar-refractivity contribution >= 4 is 95.0 Å². The number of carbonyl (C=O) groups is 12. The van der Waals surface area contributed by atoms with Crippen LogP contribution in [0.25, 0.3) is 0 Å². The smallest absolute Gasteiger partial charge is 0.352 e. The molecule has 12 aromatic rings. The van der Waals surface area contributed by atoms with Crippen molar-refractivity contribution in [3.63, 3.8) is 0 Å². The summed E-state index contributed by atoms with van der Waals surface area (Å²) in [7, 11) is 0. The number of carboxylic acid groups (broad SMARTS) is 4. The summed E-state index contributed by atoms with van der Waals surface area (Å²) in [4.78, 5) is 176. The van der Waals surface area contributed by atoms with Gasteiger partial charge in [0.2, 0.25) is 23.6 Å². The maximum atomic E-state index is 13.2. The molecule has 8 amide bonds. The predicted octanol–water partition coefficient (Wildman–Crippen LogP) is 1.39. The number of nitrogens with one attached hydrogen (secondary N) is 8. The van der Waals surface area contributed by atoms with Crippen LogP contribution in [0, 0.1) is 33.1 Å². The van der Waals surface area contributed by atoms with Crippen LogP contribution in [-0.2, 0) is 143 Å². The quantitative estimate of drug-likeness (QED) is 0.0189. The van der Waals surface area contributed by atoms with Crippen molar-refractivity contribution in [1.29, 1.82) is 0 Å². The molecule has 0 saturated carbocycles. The molecule has 0 aliphatic carbocycles. The lowest BCUT2D eigenvalue weighted by Gasteiger charge is -2.32. The molecule has 28 N–H and O–H groups in total. The molecule has 760 valence electrons. The number of amides is 8. The fourth-order valence-electron chi connectivity index (χ4n) is 15.6. The number of nitrogens with zero attached hydrogens (tertiary/aromatic N) is 16. The van der Waals surface area contributed by atoms with Crippen LogP contribution < -0.4 is 67.1 Å². The first-order valence-corrected chi connectivity index (χ1v) is 44.9. The Hall–Kier alpha value is -18.1. The average Bonchev–Trinajstić information content (AvgIpc) is 1.67. The highest BCUT2D eigenvalue weighted by molar-refractivity contribution is 6.07. The molecule has 4 aromatic carbocycles. The molecule has 0 saturated heterocycles. The molecular formula is C93H108N32O20. The van der Waals surface area contributed by atoms with Crippen molar-refractivity contribution in [3.05, 3.63) is 279 Å². The largest absolute Gasteiger partial charge is 0.477 e. The summed E-state index contributed by atoms with van der Waals surface area (Å²) >= 11 is 0. The fraction of sp³-hybridized carbons (Fsp3) is 0.312. The zero-order valence-electron chi connectivity index (χ0n) is 79.1. The van der Waals surface area contributed by atoms with Gasteiger partial charge < -0.3 is 126 Å². The summed E-state index contributed by atoms with van der Waals surface area (Å²) < 4.78 is 32.9. The van der Waals surface area contributed by atoms with E-state index in [9.17, 15) is 78.0 Å². The molecule has 12 rings (SSSR count). The number of rotatable bonds is 52. The lowest BCUT2D eigenvalue weighted by Crippen LogP contribution is -2.41. The molecule has 0 aliphatic heterocycles. The summed E-state index contributed by atoms with van der Waals surface area (Å²) in [5.41, 5.74) is 51.1. The molecule has 145 heavy (non-hydrogen) atoms. The molecule has 52 heteroatoms. The number of ether oxygens (including phenoxy) is 4. The third-order valence-corrected chi connectivity index (χ3v) is 23.0. The van der Waals surface area contributed by atoms with E-state index in [0.717, 1.165) is 44.5 Å². The summed E-state index contributed by atoms with van der Waals surface area (Å²) in [6.07, 6.45) is 6.56. The number of benzene rings is 4. The number of guanidine groups is 4. The Kier molecular flexibility index (Phi) is 35.9. The zero-order valence-corrected chi connectivity index (χ0v) is 79.1. The topological polar surface area (TPSA) is 814 Å². The number of aromatic nitrogens is 16. The van der Waals surface area contributed by atoms with Gasteiger partial charge in [-0.15, -0.1) is 20.4 Å². The van der Waals surface area contributed by atoms with Crippen molar-refractivity contribution < 1.29 is 96.9 Å². The molecule has 0 unspecified atom stereocenters. The van der Waals surface area contributed by atoms with Crippen LogP contribution in [0.3, 0.4) is 0 Å². The van der Waals surface area contributed by atoms with Gasteiger partial charge in [0.15, 0.2) is 23.8 Å². The summed E-state index contributed by atoms with van der Waals surface area (Å²) in [5.74, 6) is -12.3. The van der Waals surface area contributed by atoms with Crippen LogP contribution in [0.2, 0.25) is 0 Å². The van der Waals surface area contributed by atoms with E-state index in [1.165, 1.54) is 27.7 Å². The van der Waals surface area contributed by atoms with Crippen LogP contribution in [0.15, 0.2) is 142 Å². The second-order valence-corrected chi connectivity index (χ2v) is 34.0. The van der Waals surface area contributed by atoms with Crippen molar-refractivity contribution in [1.82, 2.24) is 101 Å². The number of aromatic carboxylic acids is 4. The Morgan fingerprint density at radius 3 is 0.669 bits per heavy atom. The van der Waals surface area contributed by atoms with Gasteiger partial charge in [-0.1, -0.05) is 118 Å². The highest BCUT2D eigenvalue weighted by Gasteiger charge is 2.35. The van der Waals surface area contributed by atoms with Crippen molar-refractivity contribution in [3.8, 4) is 0 Å². The minimum Gasteiger partial charge on any atom is -0.477 e. The Bertz CT molecular complexity index is 6060. The minimum absolute atomic E-state index is 0.00857. The summed E-state index contributed by atoms with van der Waals surface area (Å²) in [6, 6.07) is 29.6. The van der Waals surface area contributed by atoms with Crippen molar-refractivity contribution in [2.24, 2.45) is 71.3 Å². The maximum absolute atomic E-state index is 13.2. The number of aliphatic imine (C=N–C) groups is 4. The first-order chi connectivity index (χ1) is 69.3. The Morgan fingerprint density at radius 1 is 0.303 bits per heavy atom. The standard InChI is InChI=1S/C93H108N32O20/c1-49-65(77(81(130)110-89(94)95)106-73(49)85(134)135)21-25-69(126)102-29-53-5-13-57(14-6-53)33-122-37-61(114-118-122)41-142-45-93(46-143-42-62-38-123(119-115-62)34-58-15-7-54(8-16-58)30-103-70(127)26-22-66-50(2)74(86(136)137)107-78(66)82(131)111-90(96)97,47-144-43-63-39-124(120-116-63)35-59-17-9-55(10-18-59)31-104-71(128)27-23-67-51(3)75(87(138)139)108-79(67)83(132)112-91(98)99)48-145-44-64-40-125(121-117-64)36-60-19-11-56(12-20-60)32-105-72(129)28-24-68-52(4)76(88(140)141)109-80(68)84(133)113-92(100)101/h5-20,37-40,106-109H,21-36,41-48H2,1-4H3,(H,102,126)(H,103,127)(H,104,128)(H,105,129)(H,134,135)(H,136,137)(H,138,139)(H,140,141)(H4,94,95,110,130)(H4,96,97,111,131)(H4,98,99,112,132)(H4,100,101,113,133). The zero-order chi connectivity index (χ0) is 104. The number of H-pyrrole nitrogens is 4. The SMILES string of the molecule is Cc1c(C(=O)O)[nH]c(C(=O)N=C(N)N)c1CCC(=O)NCc1ccc(Cn2cc(COCC(COCc3cn(Cc4ccc(CNC(=O)CCc5c(C(=O)N=C(N)N)[nH]c(C(=O)O)c5C)cc4)nn3)(COCc3cn(Cc4ccc(CNC(=O)CCc5c(C(=O)N=C(N)N)[nH]c(C(=O)O)c5C)cc4)nn3)COCc3cn(Cc4ccc(CNC(=O)CCc5c(C(=O)N=C(N)N)[nH]c(C(=O)O)c5C)cc4)nn3)nn2)cc1. The van der Waals surface area contributed by atoms with E-state index in [-0.39, 0.29) is 270 Å². The van der Waals surface area contributed by atoms with Crippen molar-refractivity contribution in [2.45, 2.75) is 158 Å². The van der Waals surface area contributed by atoms with E-state index < -0.39 is 76.8 Å². The molecule has 0 bridgehead atoms. The highest BCUT2D eigenvalue weighted by atomic mass is 16.5. The molecule has 52 nitrogen and oxygen atoms in total. The van der Waals surface area contributed by atoms with Gasteiger partial charge in [0, 0.05) is 51.9 Å². The van der Waals surface area contributed by atoms with E-state index >= 15 is 0 Å². The summed E-state index contributed by atoms with van der Waals surface area (Å²) in [5, 5.41) is 85.6. The van der Waals surface area contributed by atoms with Gasteiger partial charge in [0.05, 0.1) is 109 Å². The van der Waals surface area contributed by atoms with Crippen LogP contribution in [0.5, 0.6) is 0 Å². The second kappa shape index (κ2) is 49.2. The number of hydrogen-bond donors (Lipinski definition) is 20. The van der Waals surface area contributed by atoms with E-state index in [1.807, 2.05) is 97.1 Å². The normalized spacial score (nSPS) is 11.2. The molecule has 0 fully saturated rings. The lowest BCUT2D eigenvalue weighted by atomic mass is 9.92. The number of nitrogens with two attached hydrogens (primary N) is 8. The van der Waals surface area contributed by atoms with Crippen LogP contribution in [0.1, 0.15) is 221 Å². The van der Waals surface area contributed by atoms with Crippen molar-refractivity contribution in [2.75, 3.05) is 26.4 Å². The van der Waals surface area contributed by atoms with Gasteiger partial charge in [-0.05, 0) is 142 Å². The lowest BCUT2D eigenvalue weighted by molar-refractivity contribution is -0.122. The van der Waals surface area contributed by atoms with Crippen LogP contribution in [-0.4, -0.2) is 222 Å². The average molecular weight is 1990 g/mol. The molecule has 0 aliphatic rings. The molecule has 8 heterocycles. The Labute approximate surface area is 824 Å². The van der Waals surface area contributed by atoms with Gasteiger partial charge in [-0.25, -0.2) is 37.9 Å². The third-order valence-electron chi connectivity index (χ3n) is 23.0. The van der Waals surface area contributed by atoms with E-state index in [2.05, 4.69) is 102 Å². The Morgan fingerprint density at radius 2 is 0.490 bits per heavy atom. The monoisotopic (exact) mass is 1990 g/mol. The van der Waals surface area contributed by atoms with Gasteiger partial charge in [0.25, 0.3) is 23.6 Å².